The Labute approximate surface area is 175 Å². The molecule has 0 fully saturated rings. The van der Waals surface area contributed by atoms with Crippen LogP contribution in [0.25, 0.3) is 0 Å². The molecule has 0 aliphatic heterocycles. The van der Waals surface area contributed by atoms with Gasteiger partial charge in [0.2, 0.25) is 0 Å². The van der Waals surface area contributed by atoms with Crippen molar-refractivity contribution in [2.75, 3.05) is 0 Å². The molecular formula is C20H35K. The fraction of sp³-hybridized carbons (Fsp3) is 0.800. The first-order valence-electron chi connectivity index (χ1n) is 9.27. The van der Waals surface area contributed by atoms with Gasteiger partial charge in [-0.3, -0.25) is 0 Å². The summed E-state index contributed by atoms with van der Waals surface area (Å²) in [5.41, 5.74) is 0. The van der Waals surface area contributed by atoms with Crippen LogP contribution in [-0.4, -0.2) is 51.4 Å². The van der Waals surface area contributed by atoms with Crippen LogP contribution in [0.2, 0.25) is 0 Å². The predicted molar refractivity (Wildman–Crippen MR) is 97.0 cm³/mol. The Hall–Kier alpha value is 1.12. The van der Waals surface area contributed by atoms with Crippen molar-refractivity contribution in [3.05, 3.63) is 24.3 Å². The fourth-order valence-electron chi connectivity index (χ4n) is 4.04. The summed E-state index contributed by atoms with van der Waals surface area (Å²) in [6, 6.07) is 0. The van der Waals surface area contributed by atoms with Gasteiger partial charge in [0.15, 0.2) is 0 Å². The van der Waals surface area contributed by atoms with Crippen molar-refractivity contribution in [1.29, 1.82) is 0 Å². The first-order valence-corrected chi connectivity index (χ1v) is 9.27. The number of rotatable bonds is 1. The zero-order chi connectivity index (χ0) is 13.9. The average molecular weight is 315 g/mol. The van der Waals surface area contributed by atoms with Crippen LogP contribution in [0.3, 0.4) is 0 Å². The summed E-state index contributed by atoms with van der Waals surface area (Å²) in [7, 11) is 0. The van der Waals surface area contributed by atoms with Crippen LogP contribution < -0.4 is 0 Å². The summed E-state index contributed by atoms with van der Waals surface area (Å²) in [5, 5.41) is 0. The normalized spacial score (nSPS) is 32.4. The van der Waals surface area contributed by atoms with Crippen LogP contribution >= 0.6 is 0 Å². The Morgan fingerprint density at radius 1 is 0.429 bits per heavy atom. The average Bonchev–Trinajstić information content (AvgIpc) is 2.50. The zero-order valence-electron chi connectivity index (χ0n) is 13.4. The van der Waals surface area contributed by atoms with E-state index in [9.17, 15) is 0 Å². The Morgan fingerprint density at radius 3 is 1.19 bits per heavy atom. The Kier molecular flexibility index (Phi) is 13.0. The summed E-state index contributed by atoms with van der Waals surface area (Å²) < 4.78 is 0. The molecule has 2 aliphatic rings. The van der Waals surface area contributed by atoms with E-state index in [4.69, 9.17) is 0 Å². The maximum atomic E-state index is 2.43. The van der Waals surface area contributed by atoms with Gasteiger partial charge in [-0.1, -0.05) is 50.0 Å². The summed E-state index contributed by atoms with van der Waals surface area (Å²) in [6.07, 6.45) is 29.6. The molecule has 0 radical (unpaired) electrons. The summed E-state index contributed by atoms with van der Waals surface area (Å²) >= 11 is 0. The van der Waals surface area contributed by atoms with E-state index in [-0.39, 0.29) is 51.4 Å². The minimum absolute atomic E-state index is 0. The van der Waals surface area contributed by atoms with E-state index >= 15 is 0 Å². The SMILES string of the molecule is C1=C\CCCC(C2CCC/C=C\CCCC2)CCCC/1.[KH]. The van der Waals surface area contributed by atoms with E-state index in [1.807, 2.05) is 0 Å². The van der Waals surface area contributed by atoms with Gasteiger partial charge in [0.1, 0.15) is 0 Å². The molecule has 116 valence electrons. The maximum absolute atomic E-state index is 2.43. The van der Waals surface area contributed by atoms with Crippen molar-refractivity contribution in [1.82, 2.24) is 0 Å². The van der Waals surface area contributed by atoms with Gasteiger partial charge in [-0.2, -0.15) is 0 Å². The Balaban J connectivity index is 0.00000220. The topological polar surface area (TPSA) is 0 Å². The summed E-state index contributed by atoms with van der Waals surface area (Å²) in [6.45, 7) is 0. The molecule has 0 nitrogen and oxygen atoms in total. The van der Waals surface area contributed by atoms with Crippen molar-refractivity contribution in [3.8, 4) is 0 Å². The van der Waals surface area contributed by atoms with Crippen LogP contribution in [0, 0.1) is 11.8 Å². The molecule has 0 amide bonds. The predicted octanol–water partition coefficient (Wildman–Crippen LogP) is 6.17. The van der Waals surface area contributed by atoms with Gasteiger partial charge in [-0.05, 0) is 76.0 Å². The van der Waals surface area contributed by atoms with E-state index in [2.05, 4.69) is 24.3 Å². The van der Waals surface area contributed by atoms with Gasteiger partial charge in [0.05, 0.1) is 0 Å². The Morgan fingerprint density at radius 2 is 0.762 bits per heavy atom. The number of allylic oxidation sites excluding steroid dienone is 4. The van der Waals surface area contributed by atoms with Gasteiger partial charge in [-0.15, -0.1) is 0 Å². The molecule has 0 saturated carbocycles. The molecule has 2 rings (SSSR count). The van der Waals surface area contributed by atoms with Crippen LogP contribution in [-0.2, 0) is 0 Å². The summed E-state index contributed by atoms with van der Waals surface area (Å²) in [4.78, 5) is 0. The van der Waals surface area contributed by atoms with E-state index in [1.165, 1.54) is 89.9 Å². The molecule has 2 aliphatic carbocycles. The third-order valence-corrected chi connectivity index (χ3v) is 5.28. The van der Waals surface area contributed by atoms with Gasteiger partial charge in [0, 0.05) is 0 Å². The van der Waals surface area contributed by atoms with Crippen LogP contribution in [0.4, 0.5) is 0 Å². The second-order valence-corrected chi connectivity index (χ2v) is 6.89. The van der Waals surface area contributed by atoms with Crippen molar-refractivity contribution >= 4 is 51.4 Å². The Bertz CT molecular complexity index is 262. The molecule has 0 N–H and O–H groups in total. The molecule has 2 atom stereocenters. The fourth-order valence-corrected chi connectivity index (χ4v) is 4.04. The number of hydrogen-bond donors (Lipinski definition) is 0. The second-order valence-electron chi connectivity index (χ2n) is 6.89. The molecule has 0 aromatic heterocycles. The van der Waals surface area contributed by atoms with Crippen molar-refractivity contribution < 1.29 is 0 Å². The molecular weight excluding hydrogens is 279 g/mol. The van der Waals surface area contributed by atoms with Crippen molar-refractivity contribution in [2.24, 2.45) is 11.8 Å². The molecule has 0 bridgehead atoms. The van der Waals surface area contributed by atoms with Crippen LogP contribution in [0.1, 0.15) is 89.9 Å². The molecule has 21 heavy (non-hydrogen) atoms. The standard InChI is InChI=1S/C20H34.K.H/c1-3-7-11-15-19(16-12-8-4-1)20-17-13-9-5-2-6-10-14-18-20;;/h1-3,5,19-20H,4,6-18H2;;/b3-1-,5-2-;;. The molecule has 1 heteroatoms. The molecule has 0 aromatic rings. The van der Waals surface area contributed by atoms with Crippen LogP contribution in [0.5, 0.6) is 0 Å². The monoisotopic (exact) mass is 314 g/mol. The van der Waals surface area contributed by atoms with E-state index in [0.717, 1.165) is 11.8 Å². The molecule has 2 unspecified atom stereocenters. The van der Waals surface area contributed by atoms with E-state index in [0.29, 0.717) is 0 Å². The van der Waals surface area contributed by atoms with Crippen molar-refractivity contribution in [3.63, 3.8) is 0 Å². The third kappa shape index (κ3) is 9.10. The first-order chi connectivity index (χ1) is 9.97. The van der Waals surface area contributed by atoms with Crippen LogP contribution in [0.15, 0.2) is 24.3 Å². The quantitative estimate of drug-likeness (QED) is 0.401. The van der Waals surface area contributed by atoms with Crippen molar-refractivity contribution in [2.45, 2.75) is 89.9 Å². The molecule has 0 saturated heterocycles. The van der Waals surface area contributed by atoms with Gasteiger partial charge in [-0.25, -0.2) is 0 Å². The zero-order valence-corrected chi connectivity index (χ0v) is 13.4. The van der Waals surface area contributed by atoms with Gasteiger partial charge < -0.3 is 0 Å². The number of hydrogen-bond acceptors (Lipinski definition) is 0. The molecule has 0 spiro atoms. The van der Waals surface area contributed by atoms with Gasteiger partial charge in [0.25, 0.3) is 0 Å². The molecule has 0 aromatic carbocycles. The molecule has 0 heterocycles. The first kappa shape index (κ1) is 20.2. The van der Waals surface area contributed by atoms with E-state index in [1.54, 1.807) is 0 Å². The second kappa shape index (κ2) is 13.5. The van der Waals surface area contributed by atoms with Gasteiger partial charge >= 0.3 is 51.4 Å². The van der Waals surface area contributed by atoms with E-state index < -0.39 is 0 Å². The summed E-state index contributed by atoms with van der Waals surface area (Å²) in [5.74, 6) is 2.06. The third-order valence-electron chi connectivity index (χ3n) is 5.28. The minimum atomic E-state index is 0.